The van der Waals surface area contributed by atoms with Crippen LogP contribution in [0.3, 0.4) is 0 Å². The van der Waals surface area contributed by atoms with E-state index in [0.717, 1.165) is 37.1 Å². The Morgan fingerprint density at radius 3 is 2.80 bits per heavy atom. The first kappa shape index (κ1) is 15.0. The van der Waals surface area contributed by atoms with E-state index in [1.807, 2.05) is 29.2 Å². The first-order chi connectivity index (χ1) is 9.74. The summed E-state index contributed by atoms with van der Waals surface area (Å²) in [6.45, 7) is 2.96. The fourth-order valence-electron chi connectivity index (χ4n) is 2.86. The van der Waals surface area contributed by atoms with Gasteiger partial charge in [0.05, 0.1) is 0 Å². The minimum Gasteiger partial charge on any atom is -0.324 e. The van der Waals surface area contributed by atoms with Gasteiger partial charge in [-0.15, -0.1) is 0 Å². The molecule has 0 radical (unpaired) electrons. The van der Waals surface area contributed by atoms with E-state index in [1.54, 1.807) is 0 Å². The van der Waals surface area contributed by atoms with E-state index >= 15 is 0 Å². The summed E-state index contributed by atoms with van der Waals surface area (Å²) in [6, 6.07) is 8.11. The van der Waals surface area contributed by atoms with E-state index < -0.39 is 0 Å². The van der Waals surface area contributed by atoms with Gasteiger partial charge in [0.2, 0.25) is 5.91 Å². The lowest BCUT2D eigenvalue weighted by Crippen LogP contribution is -2.38. The molecule has 1 aliphatic rings. The van der Waals surface area contributed by atoms with E-state index in [9.17, 15) is 4.79 Å². The average molecular weight is 274 g/mol. The number of hydrogen-bond acceptors (Lipinski definition) is 2. The summed E-state index contributed by atoms with van der Waals surface area (Å²) in [4.78, 5) is 14.3. The molecule has 0 bridgehead atoms. The third-order valence-corrected chi connectivity index (χ3v) is 4.09. The molecule has 0 spiro atoms. The van der Waals surface area contributed by atoms with Crippen molar-refractivity contribution >= 4 is 11.6 Å². The van der Waals surface area contributed by atoms with Crippen LogP contribution in [0.5, 0.6) is 0 Å². The molecular formula is C17H26N2O. The van der Waals surface area contributed by atoms with Crippen molar-refractivity contribution in [2.45, 2.75) is 57.9 Å². The highest BCUT2D eigenvalue weighted by Gasteiger charge is 2.25. The molecule has 1 aliphatic heterocycles. The molecule has 0 fully saturated rings. The summed E-state index contributed by atoms with van der Waals surface area (Å²) >= 11 is 0. The third-order valence-electron chi connectivity index (χ3n) is 4.09. The van der Waals surface area contributed by atoms with Gasteiger partial charge in [-0.2, -0.15) is 0 Å². The zero-order valence-electron chi connectivity index (χ0n) is 12.5. The number of nitrogens with two attached hydrogens (primary N) is 1. The lowest BCUT2D eigenvalue weighted by Gasteiger charge is -2.32. The maximum Gasteiger partial charge on any atom is 0.226 e. The second-order valence-electron chi connectivity index (χ2n) is 5.66. The number of amides is 1. The number of carbonyl (C=O) groups excluding carboxylic acids is 1. The number of rotatable bonds is 6. The molecule has 1 atom stereocenters. The third kappa shape index (κ3) is 3.60. The number of unbranched alkanes of at least 4 members (excludes halogenated alkanes) is 4. The van der Waals surface area contributed by atoms with Gasteiger partial charge in [-0.25, -0.2) is 0 Å². The number of hydrogen-bond donors (Lipinski definition) is 1. The van der Waals surface area contributed by atoms with Crippen LogP contribution in [0.2, 0.25) is 0 Å². The summed E-state index contributed by atoms with van der Waals surface area (Å²) in [7, 11) is 0. The zero-order chi connectivity index (χ0) is 14.4. The number of para-hydroxylation sites is 1. The molecule has 0 saturated carbocycles. The maximum atomic E-state index is 12.4. The Kier molecular flexibility index (Phi) is 5.60. The van der Waals surface area contributed by atoms with Crippen molar-refractivity contribution in [1.82, 2.24) is 0 Å². The number of fused-ring (bicyclic) bond motifs is 1. The monoisotopic (exact) mass is 274 g/mol. The van der Waals surface area contributed by atoms with E-state index in [2.05, 4.69) is 6.92 Å². The quantitative estimate of drug-likeness (QED) is 0.802. The molecule has 1 aromatic carbocycles. The van der Waals surface area contributed by atoms with Crippen LogP contribution in [0.25, 0.3) is 0 Å². The highest BCUT2D eigenvalue weighted by Crippen LogP contribution is 2.32. The van der Waals surface area contributed by atoms with E-state index in [4.69, 9.17) is 5.73 Å². The predicted octanol–water partition coefficient (Wildman–Crippen LogP) is 3.78. The Bertz CT molecular complexity index is 444. The number of nitrogens with zero attached hydrogens (tertiary/aromatic N) is 1. The minimum atomic E-state index is 0.0693. The molecule has 1 heterocycles. The van der Waals surface area contributed by atoms with E-state index in [-0.39, 0.29) is 11.9 Å². The Balaban J connectivity index is 1.92. The molecule has 110 valence electrons. The fourth-order valence-corrected chi connectivity index (χ4v) is 2.86. The molecule has 1 aromatic rings. The zero-order valence-corrected chi connectivity index (χ0v) is 12.5. The van der Waals surface area contributed by atoms with Gasteiger partial charge in [0.25, 0.3) is 0 Å². The molecule has 0 saturated heterocycles. The van der Waals surface area contributed by atoms with Crippen LogP contribution in [0.4, 0.5) is 5.69 Å². The van der Waals surface area contributed by atoms with Gasteiger partial charge in [-0.3, -0.25) is 4.79 Å². The maximum absolute atomic E-state index is 12.4. The van der Waals surface area contributed by atoms with Gasteiger partial charge in [0.15, 0.2) is 0 Å². The molecule has 2 N–H and O–H groups in total. The predicted molar refractivity (Wildman–Crippen MR) is 83.7 cm³/mol. The van der Waals surface area contributed by atoms with Crippen molar-refractivity contribution < 1.29 is 4.79 Å². The van der Waals surface area contributed by atoms with Crippen LogP contribution in [-0.4, -0.2) is 12.5 Å². The summed E-state index contributed by atoms with van der Waals surface area (Å²) in [5, 5.41) is 0. The minimum absolute atomic E-state index is 0.0693. The summed E-state index contributed by atoms with van der Waals surface area (Å²) in [5.41, 5.74) is 8.25. The fraction of sp³-hybridized carbons (Fsp3) is 0.588. The van der Waals surface area contributed by atoms with Gasteiger partial charge in [0.1, 0.15) is 0 Å². The summed E-state index contributed by atoms with van der Waals surface area (Å²) in [5.74, 6) is 0.251. The second-order valence-corrected chi connectivity index (χ2v) is 5.66. The van der Waals surface area contributed by atoms with Crippen molar-refractivity contribution in [2.24, 2.45) is 5.73 Å². The van der Waals surface area contributed by atoms with Crippen molar-refractivity contribution in [3.05, 3.63) is 29.8 Å². The molecule has 0 aliphatic carbocycles. The Morgan fingerprint density at radius 2 is 2.00 bits per heavy atom. The van der Waals surface area contributed by atoms with Crippen LogP contribution in [0.1, 0.15) is 63.5 Å². The number of anilines is 1. The number of carbonyl (C=O) groups is 1. The molecule has 0 aromatic heterocycles. The largest absolute Gasteiger partial charge is 0.324 e. The average Bonchev–Trinajstić information content (AvgIpc) is 2.47. The highest BCUT2D eigenvalue weighted by molar-refractivity contribution is 5.94. The first-order valence-corrected chi connectivity index (χ1v) is 7.89. The lowest BCUT2D eigenvalue weighted by atomic mass is 9.96. The Labute approximate surface area is 122 Å². The SMILES string of the molecule is CCCCCCCC(=O)N1CCC(N)c2ccccc21. The van der Waals surface area contributed by atoms with Gasteiger partial charge < -0.3 is 10.6 Å². The molecule has 1 unspecified atom stereocenters. The summed E-state index contributed by atoms with van der Waals surface area (Å²) in [6.07, 6.45) is 7.44. The van der Waals surface area contributed by atoms with Gasteiger partial charge in [-0.05, 0) is 24.5 Å². The van der Waals surface area contributed by atoms with Crippen LogP contribution in [0, 0.1) is 0 Å². The lowest BCUT2D eigenvalue weighted by molar-refractivity contribution is -0.118. The molecule has 3 nitrogen and oxygen atoms in total. The Morgan fingerprint density at radius 1 is 1.25 bits per heavy atom. The highest BCUT2D eigenvalue weighted by atomic mass is 16.2. The number of benzene rings is 1. The smallest absolute Gasteiger partial charge is 0.226 e. The Hall–Kier alpha value is -1.35. The topological polar surface area (TPSA) is 46.3 Å². The van der Waals surface area contributed by atoms with Crippen molar-refractivity contribution in [3.8, 4) is 0 Å². The first-order valence-electron chi connectivity index (χ1n) is 7.89. The van der Waals surface area contributed by atoms with E-state index in [0.29, 0.717) is 6.42 Å². The van der Waals surface area contributed by atoms with Crippen molar-refractivity contribution in [1.29, 1.82) is 0 Å². The molecule has 3 heteroatoms. The van der Waals surface area contributed by atoms with Gasteiger partial charge in [-0.1, -0.05) is 50.8 Å². The van der Waals surface area contributed by atoms with Crippen LogP contribution >= 0.6 is 0 Å². The molecule has 2 rings (SSSR count). The van der Waals surface area contributed by atoms with Gasteiger partial charge in [0, 0.05) is 24.7 Å². The molecular weight excluding hydrogens is 248 g/mol. The molecule has 1 amide bonds. The van der Waals surface area contributed by atoms with E-state index in [1.165, 1.54) is 19.3 Å². The van der Waals surface area contributed by atoms with Crippen LogP contribution in [0.15, 0.2) is 24.3 Å². The standard InChI is InChI=1S/C17H26N2O/c1-2-3-4-5-6-11-17(20)19-13-12-15(18)14-9-7-8-10-16(14)19/h7-10,15H,2-6,11-13,18H2,1H3. The summed E-state index contributed by atoms with van der Waals surface area (Å²) < 4.78 is 0. The van der Waals surface area contributed by atoms with Gasteiger partial charge >= 0.3 is 0 Å². The second kappa shape index (κ2) is 7.44. The normalized spacial score (nSPS) is 17.9. The van der Waals surface area contributed by atoms with Crippen LogP contribution in [-0.2, 0) is 4.79 Å². The van der Waals surface area contributed by atoms with Crippen molar-refractivity contribution in [2.75, 3.05) is 11.4 Å². The molecule has 20 heavy (non-hydrogen) atoms. The van der Waals surface area contributed by atoms with Crippen LogP contribution < -0.4 is 10.6 Å². The van der Waals surface area contributed by atoms with Crippen molar-refractivity contribution in [3.63, 3.8) is 0 Å².